The van der Waals surface area contributed by atoms with Gasteiger partial charge in [-0.25, -0.2) is 0 Å². The number of hydrogen-bond donors (Lipinski definition) is 2. The van der Waals surface area contributed by atoms with Gasteiger partial charge in [-0.2, -0.15) is 0 Å². The Morgan fingerprint density at radius 1 is 0.591 bits per heavy atom. The van der Waals surface area contributed by atoms with Gasteiger partial charge in [-0.1, -0.05) is 60.7 Å². The van der Waals surface area contributed by atoms with Crippen LogP contribution in [-0.4, -0.2) is 21.4 Å². The molecule has 2 nitrogen and oxygen atoms in total. The smallest absolute Gasteiger partial charge is 0.0666 e. The summed E-state index contributed by atoms with van der Waals surface area (Å²) in [6, 6.07) is 19.9. The maximum Gasteiger partial charge on any atom is 0.0666 e. The van der Waals surface area contributed by atoms with Crippen LogP contribution in [-0.2, 0) is 0 Å². The fourth-order valence-corrected chi connectivity index (χ4v) is 3.34. The van der Waals surface area contributed by atoms with Gasteiger partial charge in [-0.05, 0) is 38.8 Å². The first-order chi connectivity index (χ1) is 10.2. The van der Waals surface area contributed by atoms with Crippen LogP contribution in [0.1, 0.15) is 50.7 Å². The maximum absolute atomic E-state index is 10.8. The van der Waals surface area contributed by atoms with Gasteiger partial charge in [0.1, 0.15) is 0 Å². The Balaban J connectivity index is 2.60. The highest BCUT2D eigenvalue weighted by molar-refractivity contribution is 5.33. The molecule has 0 heterocycles. The minimum absolute atomic E-state index is 0.212. The molecule has 22 heavy (non-hydrogen) atoms. The molecule has 0 saturated carbocycles. The van der Waals surface area contributed by atoms with E-state index in [1.165, 1.54) is 0 Å². The second kappa shape index (κ2) is 6.23. The molecule has 2 heteroatoms. The number of benzene rings is 2. The molecule has 0 aromatic heterocycles. The topological polar surface area (TPSA) is 40.5 Å². The molecule has 2 aromatic rings. The first-order valence-corrected chi connectivity index (χ1v) is 7.76. The fraction of sp³-hybridized carbons (Fsp3) is 0.400. The summed E-state index contributed by atoms with van der Waals surface area (Å²) in [5.74, 6) is -0.424. The first kappa shape index (κ1) is 16.7. The van der Waals surface area contributed by atoms with Crippen molar-refractivity contribution in [2.75, 3.05) is 0 Å². The molecule has 2 unspecified atom stereocenters. The third kappa shape index (κ3) is 3.76. The Bertz CT molecular complexity index is 521. The molecule has 2 atom stereocenters. The van der Waals surface area contributed by atoms with Gasteiger partial charge in [0.2, 0.25) is 0 Å². The lowest BCUT2D eigenvalue weighted by Gasteiger charge is -2.42. The van der Waals surface area contributed by atoms with E-state index in [1.54, 1.807) is 0 Å². The summed E-state index contributed by atoms with van der Waals surface area (Å²) in [4.78, 5) is 0. The van der Waals surface area contributed by atoms with E-state index in [0.717, 1.165) is 11.1 Å². The summed E-state index contributed by atoms with van der Waals surface area (Å²) in [6.07, 6.45) is 0. The van der Waals surface area contributed by atoms with E-state index < -0.39 is 11.2 Å². The zero-order valence-corrected chi connectivity index (χ0v) is 13.8. The van der Waals surface area contributed by atoms with Gasteiger partial charge < -0.3 is 10.2 Å². The minimum atomic E-state index is -0.956. The Hall–Kier alpha value is -1.64. The average Bonchev–Trinajstić information content (AvgIpc) is 2.44. The van der Waals surface area contributed by atoms with Crippen LogP contribution in [0.5, 0.6) is 0 Å². The third-order valence-electron chi connectivity index (χ3n) is 4.17. The molecule has 0 radical (unpaired) electrons. The third-order valence-corrected chi connectivity index (χ3v) is 4.17. The van der Waals surface area contributed by atoms with Crippen molar-refractivity contribution in [3.63, 3.8) is 0 Å². The van der Waals surface area contributed by atoms with Crippen molar-refractivity contribution in [3.05, 3.63) is 71.8 Å². The van der Waals surface area contributed by atoms with Crippen LogP contribution in [0.25, 0.3) is 0 Å². The van der Waals surface area contributed by atoms with Crippen LogP contribution in [0.15, 0.2) is 60.7 Å². The van der Waals surface area contributed by atoms with E-state index in [4.69, 9.17) is 0 Å². The van der Waals surface area contributed by atoms with Crippen LogP contribution in [0.3, 0.4) is 0 Å². The monoisotopic (exact) mass is 298 g/mol. The van der Waals surface area contributed by atoms with E-state index in [2.05, 4.69) is 0 Å². The van der Waals surface area contributed by atoms with E-state index in [0.29, 0.717) is 0 Å². The molecule has 0 aliphatic heterocycles. The highest BCUT2D eigenvalue weighted by atomic mass is 16.3. The molecule has 2 aromatic carbocycles. The van der Waals surface area contributed by atoms with E-state index >= 15 is 0 Å². The number of aliphatic hydroxyl groups is 2. The maximum atomic E-state index is 10.8. The molecule has 118 valence electrons. The lowest BCUT2D eigenvalue weighted by molar-refractivity contribution is -0.0214. The Morgan fingerprint density at radius 3 is 1.09 bits per heavy atom. The lowest BCUT2D eigenvalue weighted by atomic mass is 9.67. The minimum Gasteiger partial charge on any atom is -0.390 e. The highest BCUT2D eigenvalue weighted by Crippen LogP contribution is 2.46. The Labute approximate surface area is 133 Å². The standard InChI is InChI=1S/C20H26O2/c1-19(2,21)17(15-11-7-5-8-12-15)18(20(3,4)22)16-13-9-6-10-14-16/h5-14,17-18,21-22H,1-4H3. The molecule has 0 aliphatic rings. The van der Waals surface area contributed by atoms with Gasteiger partial charge in [0.15, 0.2) is 0 Å². The summed E-state index contributed by atoms with van der Waals surface area (Å²) in [6.45, 7) is 7.25. The number of hydrogen-bond acceptors (Lipinski definition) is 2. The quantitative estimate of drug-likeness (QED) is 0.872. The average molecular weight is 298 g/mol. The summed E-state index contributed by atoms with van der Waals surface area (Å²) in [5, 5.41) is 21.6. The van der Waals surface area contributed by atoms with Crippen molar-refractivity contribution < 1.29 is 10.2 Å². The summed E-state index contributed by atoms with van der Waals surface area (Å²) in [5.41, 5.74) is 0.154. The highest BCUT2D eigenvalue weighted by Gasteiger charge is 2.43. The second-order valence-corrected chi connectivity index (χ2v) is 7.08. The Kier molecular flexibility index (Phi) is 4.74. The van der Waals surface area contributed by atoms with Gasteiger partial charge >= 0.3 is 0 Å². The molecular formula is C20H26O2. The van der Waals surface area contributed by atoms with Gasteiger partial charge in [0, 0.05) is 11.8 Å². The molecule has 0 spiro atoms. The SMILES string of the molecule is CC(C)(O)C(c1ccccc1)C(c1ccccc1)C(C)(C)O. The van der Waals surface area contributed by atoms with Crippen LogP contribution >= 0.6 is 0 Å². The van der Waals surface area contributed by atoms with Gasteiger partial charge in [-0.15, -0.1) is 0 Å². The first-order valence-electron chi connectivity index (χ1n) is 7.76. The van der Waals surface area contributed by atoms with Gasteiger partial charge in [-0.3, -0.25) is 0 Å². The number of rotatable bonds is 5. The predicted molar refractivity (Wildman–Crippen MR) is 91.0 cm³/mol. The lowest BCUT2D eigenvalue weighted by Crippen LogP contribution is -2.42. The van der Waals surface area contributed by atoms with Crippen LogP contribution in [0.4, 0.5) is 0 Å². The van der Waals surface area contributed by atoms with E-state index in [1.807, 2.05) is 88.4 Å². The molecule has 0 aliphatic carbocycles. The zero-order chi connectivity index (χ0) is 16.4. The molecule has 0 fully saturated rings. The van der Waals surface area contributed by atoms with Crippen molar-refractivity contribution in [2.45, 2.75) is 50.7 Å². The van der Waals surface area contributed by atoms with Crippen molar-refractivity contribution in [3.8, 4) is 0 Å². The zero-order valence-electron chi connectivity index (χ0n) is 13.8. The van der Waals surface area contributed by atoms with Crippen LogP contribution < -0.4 is 0 Å². The molecule has 2 rings (SSSR count). The van der Waals surface area contributed by atoms with Crippen molar-refractivity contribution in [1.82, 2.24) is 0 Å². The van der Waals surface area contributed by atoms with Gasteiger partial charge in [0.25, 0.3) is 0 Å². The van der Waals surface area contributed by atoms with Crippen LogP contribution in [0.2, 0.25) is 0 Å². The second-order valence-electron chi connectivity index (χ2n) is 7.08. The summed E-state index contributed by atoms with van der Waals surface area (Å²) >= 11 is 0. The Morgan fingerprint density at radius 2 is 0.864 bits per heavy atom. The van der Waals surface area contributed by atoms with Crippen molar-refractivity contribution in [1.29, 1.82) is 0 Å². The van der Waals surface area contributed by atoms with Crippen molar-refractivity contribution in [2.24, 2.45) is 0 Å². The van der Waals surface area contributed by atoms with Gasteiger partial charge in [0.05, 0.1) is 11.2 Å². The summed E-state index contributed by atoms with van der Waals surface area (Å²) in [7, 11) is 0. The van der Waals surface area contributed by atoms with E-state index in [9.17, 15) is 10.2 Å². The van der Waals surface area contributed by atoms with Crippen LogP contribution in [0, 0.1) is 0 Å². The molecule has 0 bridgehead atoms. The molecule has 2 N–H and O–H groups in total. The van der Waals surface area contributed by atoms with Crippen molar-refractivity contribution >= 4 is 0 Å². The fourth-order valence-electron chi connectivity index (χ4n) is 3.34. The molecular weight excluding hydrogens is 272 g/mol. The normalized spacial score (nSPS) is 15.4. The molecule has 0 saturated heterocycles. The molecule has 0 amide bonds. The predicted octanol–water partition coefficient (Wildman–Crippen LogP) is 4.10. The largest absolute Gasteiger partial charge is 0.390 e. The summed E-state index contributed by atoms with van der Waals surface area (Å²) < 4.78 is 0. The van der Waals surface area contributed by atoms with E-state index in [-0.39, 0.29) is 11.8 Å².